The van der Waals surface area contributed by atoms with Crippen molar-refractivity contribution in [2.45, 2.75) is 12.8 Å². The minimum Gasteiger partial charge on any atom is -0.490 e. The second kappa shape index (κ2) is 5.97. The molecule has 2 rings (SSSR count). The van der Waals surface area contributed by atoms with Gasteiger partial charge in [0.1, 0.15) is 11.4 Å². The lowest BCUT2D eigenvalue weighted by Crippen LogP contribution is -2.22. The SMILES string of the molecule is O=C(O)c1c(F)ccc(OCC2CCOCC2)c1F. The Balaban J connectivity index is 2.08. The van der Waals surface area contributed by atoms with E-state index in [4.69, 9.17) is 14.6 Å². The van der Waals surface area contributed by atoms with Gasteiger partial charge in [-0.15, -0.1) is 0 Å². The lowest BCUT2D eigenvalue weighted by Gasteiger charge is -2.22. The topological polar surface area (TPSA) is 55.8 Å². The maximum absolute atomic E-state index is 13.8. The number of carboxylic acids is 1. The highest BCUT2D eigenvalue weighted by Crippen LogP contribution is 2.25. The normalized spacial score (nSPS) is 16.3. The number of hydrogen-bond acceptors (Lipinski definition) is 3. The predicted molar refractivity (Wildman–Crippen MR) is 62.4 cm³/mol. The smallest absolute Gasteiger partial charge is 0.341 e. The maximum atomic E-state index is 13.8. The van der Waals surface area contributed by atoms with E-state index in [2.05, 4.69) is 0 Å². The van der Waals surface area contributed by atoms with Gasteiger partial charge < -0.3 is 14.6 Å². The van der Waals surface area contributed by atoms with Crippen molar-refractivity contribution in [3.8, 4) is 5.75 Å². The zero-order chi connectivity index (χ0) is 13.8. The second-order valence-electron chi connectivity index (χ2n) is 4.41. The van der Waals surface area contributed by atoms with Crippen LogP contribution in [0, 0.1) is 17.6 Å². The Kier molecular flexibility index (Phi) is 4.31. The predicted octanol–water partition coefficient (Wildman–Crippen LogP) is 2.47. The third-order valence-electron chi connectivity index (χ3n) is 3.08. The van der Waals surface area contributed by atoms with Gasteiger partial charge in [0, 0.05) is 13.2 Å². The van der Waals surface area contributed by atoms with Gasteiger partial charge in [-0.3, -0.25) is 0 Å². The monoisotopic (exact) mass is 272 g/mol. The molecule has 104 valence electrons. The highest BCUT2D eigenvalue weighted by Gasteiger charge is 2.22. The summed E-state index contributed by atoms with van der Waals surface area (Å²) >= 11 is 0. The van der Waals surface area contributed by atoms with Gasteiger partial charge in [-0.1, -0.05) is 0 Å². The van der Waals surface area contributed by atoms with E-state index in [1.54, 1.807) is 0 Å². The summed E-state index contributed by atoms with van der Waals surface area (Å²) in [5, 5.41) is 8.74. The molecule has 0 radical (unpaired) electrons. The number of carbonyl (C=O) groups is 1. The number of aromatic carboxylic acids is 1. The molecule has 0 bridgehead atoms. The number of halogens is 2. The van der Waals surface area contributed by atoms with E-state index in [0.717, 1.165) is 25.0 Å². The lowest BCUT2D eigenvalue weighted by molar-refractivity contribution is 0.0490. The molecule has 1 heterocycles. The van der Waals surface area contributed by atoms with Crippen molar-refractivity contribution in [2.24, 2.45) is 5.92 Å². The molecule has 4 nitrogen and oxygen atoms in total. The first-order chi connectivity index (χ1) is 9.09. The van der Waals surface area contributed by atoms with Gasteiger partial charge in [0.2, 0.25) is 0 Å². The molecule has 1 N–H and O–H groups in total. The van der Waals surface area contributed by atoms with Crippen molar-refractivity contribution in [1.29, 1.82) is 0 Å². The molecule has 6 heteroatoms. The Morgan fingerprint density at radius 2 is 2.05 bits per heavy atom. The summed E-state index contributed by atoms with van der Waals surface area (Å²) in [4.78, 5) is 10.7. The van der Waals surface area contributed by atoms with Crippen LogP contribution in [0.5, 0.6) is 5.75 Å². The van der Waals surface area contributed by atoms with Crippen LogP contribution in [-0.2, 0) is 4.74 Å². The van der Waals surface area contributed by atoms with Crippen molar-refractivity contribution in [3.05, 3.63) is 29.3 Å². The van der Waals surface area contributed by atoms with E-state index in [-0.39, 0.29) is 18.3 Å². The molecule has 0 atom stereocenters. The van der Waals surface area contributed by atoms with E-state index in [0.29, 0.717) is 13.2 Å². The van der Waals surface area contributed by atoms with Crippen LogP contribution >= 0.6 is 0 Å². The molecule has 1 aliphatic rings. The molecular weight excluding hydrogens is 258 g/mol. The number of benzene rings is 1. The van der Waals surface area contributed by atoms with E-state index < -0.39 is 23.2 Å². The Morgan fingerprint density at radius 1 is 1.37 bits per heavy atom. The summed E-state index contributed by atoms with van der Waals surface area (Å²) in [6, 6.07) is 2.00. The minimum atomic E-state index is -1.65. The number of carboxylic acid groups (broad SMARTS) is 1. The summed E-state index contributed by atoms with van der Waals surface area (Å²) in [5.74, 6) is -3.91. The zero-order valence-corrected chi connectivity index (χ0v) is 10.2. The van der Waals surface area contributed by atoms with Crippen molar-refractivity contribution in [3.63, 3.8) is 0 Å². The van der Waals surface area contributed by atoms with Crippen LogP contribution < -0.4 is 4.74 Å². The highest BCUT2D eigenvalue weighted by atomic mass is 19.1. The van der Waals surface area contributed by atoms with Crippen molar-refractivity contribution in [2.75, 3.05) is 19.8 Å². The van der Waals surface area contributed by atoms with Crippen LogP contribution in [0.1, 0.15) is 23.2 Å². The molecule has 19 heavy (non-hydrogen) atoms. The lowest BCUT2D eigenvalue weighted by atomic mass is 10.0. The van der Waals surface area contributed by atoms with E-state index >= 15 is 0 Å². The molecule has 1 saturated heterocycles. The van der Waals surface area contributed by atoms with Gasteiger partial charge in [-0.05, 0) is 30.9 Å². The Labute approximate surface area is 108 Å². The third-order valence-corrected chi connectivity index (χ3v) is 3.08. The van der Waals surface area contributed by atoms with E-state index in [1.165, 1.54) is 0 Å². The quantitative estimate of drug-likeness (QED) is 0.914. The van der Waals surface area contributed by atoms with Crippen molar-refractivity contribution >= 4 is 5.97 Å². The second-order valence-corrected chi connectivity index (χ2v) is 4.41. The van der Waals surface area contributed by atoms with Crippen LogP contribution in [0.3, 0.4) is 0 Å². The number of rotatable bonds is 4. The molecular formula is C13H14F2O4. The fraction of sp³-hybridized carbons (Fsp3) is 0.462. The summed E-state index contributed by atoms with van der Waals surface area (Å²) in [5.41, 5.74) is -0.982. The Bertz CT molecular complexity index is 470. The zero-order valence-electron chi connectivity index (χ0n) is 10.2. The summed E-state index contributed by atoms with van der Waals surface area (Å²) in [6.45, 7) is 1.55. The van der Waals surface area contributed by atoms with Crippen LogP contribution in [0.2, 0.25) is 0 Å². The summed E-state index contributed by atoms with van der Waals surface area (Å²) < 4.78 is 37.4. The first-order valence-electron chi connectivity index (χ1n) is 6.01. The average molecular weight is 272 g/mol. The van der Waals surface area contributed by atoms with Crippen LogP contribution in [0.15, 0.2) is 12.1 Å². The Morgan fingerprint density at radius 3 is 2.68 bits per heavy atom. The number of hydrogen-bond donors (Lipinski definition) is 1. The van der Waals surface area contributed by atoms with Gasteiger partial charge >= 0.3 is 5.97 Å². The minimum absolute atomic E-state index is 0.231. The Hall–Kier alpha value is -1.69. The first kappa shape index (κ1) is 13.7. The maximum Gasteiger partial charge on any atom is 0.341 e. The molecule has 1 fully saturated rings. The highest BCUT2D eigenvalue weighted by molar-refractivity contribution is 5.88. The molecule has 0 aliphatic carbocycles. The van der Waals surface area contributed by atoms with Gasteiger partial charge in [0.25, 0.3) is 0 Å². The van der Waals surface area contributed by atoms with Crippen molar-refractivity contribution in [1.82, 2.24) is 0 Å². The van der Waals surface area contributed by atoms with Gasteiger partial charge in [0.05, 0.1) is 6.61 Å². The summed E-state index contributed by atoms with van der Waals surface area (Å²) in [6.07, 6.45) is 1.63. The van der Waals surface area contributed by atoms with Crippen LogP contribution in [0.4, 0.5) is 8.78 Å². The molecule has 1 aromatic carbocycles. The molecule has 0 unspecified atom stereocenters. The third kappa shape index (κ3) is 3.20. The first-order valence-corrected chi connectivity index (χ1v) is 6.01. The fourth-order valence-corrected chi connectivity index (χ4v) is 1.96. The van der Waals surface area contributed by atoms with Crippen LogP contribution in [-0.4, -0.2) is 30.9 Å². The molecule has 1 aliphatic heterocycles. The van der Waals surface area contributed by atoms with Gasteiger partial charge in [-0.2, -0.15) is 0 Å². The largest absolute Gasteiger partial charge is 0.490 e. The number of ether oxygens (including phenoxy) is 2. The van der Waals surface area contributed by atoms with Gasteiger partial charge in [-0.25, -0.2) is 13.6 Å². The van der Waals surface area contributed by atoms with E-state index in [9.17, 15) is 13.6 Å². The molecule has 0 amide bonds. The molecule has 0 saturated carbocycles. The van der Waals surface area contributed by atoms with E-state index in [1.807, 2.05) is 0 Å². The average Bonchev–Trinajstić information content (AvgIpc) is 2.38. The molecule has 0 aromatic heterocycles. The van der Waals surface area contributed by atoms with Crippen molar-refractivity contribution < 1.29 is 28.2 Å². The molecule has 1 aromatic rings. The van der Waals surface area contributed by atoms with Gasteiger partial charge in [0.15, 0.2) is 11.6 Å². The standard InChI is InChI=1S/C13H14F2O4/c14-9-1-2-10(12(15)11(9)13(16)17)19-7-8-3-5-18-6-4-8/h1-2,8H,3-7H2,(H,16,17). The molecule has 0 spiro atoms. The summed E-state index contributed by atoms with van der Waals surface area (Å²) in [7, 11) is 0. The fourth-order valence-electron chi connectivity index (χ4n) is 1.96. The van der Waals surface area contributed by atoms with Crippen LogP contribution in [0.25, 0.3) is 0 Å².